The van der Waals surface area contributed by atoms with E-state index in [9.17, 15) is 5.11 Å². The van der Waals surface area contributed by atoms with Crippen molar-refractivity contribution >= 4 is 0 Å². The fraction of sp³-hybridized carbons (Fsp3) is 0.714. The van der Waals surface area contributed by atoms with Gasteiger partial charge in [0.15, 0.2) is 0 Å². The maximum absolute atomic E-state index is 9.40. The minimum Gasteiger partial charge on any atom is -0.396 e. The first-order valence-corrected chi connectivity index (χ1v) is 5.92. The molecule has 0 radical (unpaired) electrons. The molecule has 1 heteroatoms. The molecule has 1 nitrogen and oxygen atoms in total. The van der Waals surface area contributed by atoms with E-state index in [0.717, 1.165) is 12.0 Å². The predicted octanol–water partition coefficient (Wildman–Crippen LogP) is 3.55. The fourth-order valence-electron chi connectivity index (χ4n) is 2.69. The van der Waals surface area contributed by atoms with Gasteiger partial charge in [-0.1, -0.05) is 44.6 Å². The third-order valence-electron chi connectivity index (χ3n) is 3.63. The lowest BCUT2D eigenvalue weighted by molar-refractivity contribution is 0.0675. The van der Waals surface area contributed by atoms with Crippen LogP contribution in [0.3, 0.4) is 0 Å². The van der Waals surface area contributed by atoms with Crippen LogP contribution < -0.4 is 0 Å². The normalized spacial score (nSPS) is 30.7. The van der Waals surface area contributed by atoms with Gasteiger partial charge in [0.25, 0.3) is 0 Å². The van der Waals surface area contributed by atoms with E-state index >= 15 is 0 Å². The van der Waals surface area contributed by atoms with E-state index in [1.807, 2.05) is 6.92 Å². The number of hydrogen-bond acceptors (Lipinski definition) is 1. The largest absolute Gasteiger partial charge is 0.396 e. The summed E-state index contributed by atoms with van der Waals surface area (Å²) in [6.45, 7) is 10.8. The molecular weight excluding hydrogens is 184 g/mol. The molecule has 15 heavy (non-hydrogen) atoms. The van der Waals surface area contributed by atoms with Gasteiger partial charge in [0, 0.05) is 6.61 Å². The quantitative estimate of drug-likeness (QED) is 0.703. The molecule has 0 aromatic heterocycles. The molecular formula is C14H24O. The van der Waals surface area contributed by atoms with Crippen molar-refractivity contribution in [2.45, 2.75) is 40.0 Å². The van der Waals surface area contributed by atoms with Gasteiger partial charge in [-0.3, -0.25) is 0 Å². The molecule has 0 aromatic carbocycles. The zero-order valence-electron chi connectivity index (χ0n) is 10.3. The summed E-state index contributed by atoms with van der Waals surface area (Å²) in [6, 6.07) is 0. The predicted molar refractivity (Wildman–Crippen MR) is 65.7 cm³/mol. The molecule has 1 saturated carbocycles. The molecule has 1 rings (SSSR count). The Labute approximate surface area is 93.9 Å². The van der Waals surface area contributed by atoms with E-state index in [1.165, 1.54) is 12.8 Å². The topological polar surface area (TPSA) is 20.2 Å². The molecule has 0 saturated heterocycles. The molecule has 1 aliphatic rings. The molecule has 0 amide bonds. The van der Waals surface area contributed by atoms with E-state index in [1.54, 1.807) is 0 Å². The number of hydrogen-bond donors (Lipinski definition) is 1. The molecule has 86 valence electrons. The summed E-state index contributed by atoms with van der Waals surface area (Å²) in [6.07, 6.45) is 8.01. The summed E-state index contributed by atoms with van der Waals surface area (Å²) in [5.41, 5.74) is 1.41. The summed E-state index contributed by atoms with van der Waals surface area (Å²) in [4.78, 5) is 0. The molecule has 2 atom stereocenters. The van der Waals surface area contributed by atoms with Gasteiger partial charge < -0.3 is 5.11 Å². The lowest BCUT2D eigenvalue weighted by atomic mass is 9.63. The van der Waals surface area contributed by atoms with Crippen molar-refractivity contribution in [1.82, 2.24) is 0 Å². The smallest absolute Gasteiger partial charge is 0.0465 e. The maximum atomic E-state index is 9.40. The number of aliphatic hydroxyl groups excluding tert-OH is 1. The Hall–Kier alpha value is -0.560. The first-order valence-electron chi connectivity index (χ1n) is 5.92. The van der Waals surface area contributed by atoms with Crippen LogP contribution in [0, 0.1) is 17.3 Å². The fourth-order valence-corrected chi connectivity index (χ4v) is 2.69. The highest BCUT2D eigenvalue weighted by molar-refractivity contribution is 5.14. The van der Waals surface area contributed by atoms with Gasteiger partial charge in [0.05, 0.1) is 0 Å². The van der Waals surface area contributed by atoms with Gasteiger partial charge in [-0.2, -0.15) is 0 Å². The number of allylic oxidation sites excluding steroid dienone is 3. The van der Waals surface area contributed by atoms with Gasteiger partial charge in [-0.25, -0.2) is 0 Å². The molecule has 0 aromatic rings. The monoisotopic (exact) mass is 208 g/mol. The molecule has 0 bridgehead atoms. The van der Waals surface area contributed by atoms with E-state index < -0.39 is 0 Å². The van der Waals surface area contributed by atoms with Crippen molar-refractivity contribution in [3.05, 3.63) is 24.3 Å². The number of aliphatic hydroxyl groups is 1. The first-order chi connectivity index (χ1) is 6.97. The van der Waals surface area contributed by atoms with E-state index in [4.69, 9.17) is 0 Å². The van der Waals surface area contributed by atoms with Gasteiger partial charge in [0.1, 0.15) is 0 Å². The van der Waals surface area contributed by atoms with Gasteiger partial charge in [0.2, 0.25) is 0 Å². The second kappa shape index (κ2) is 4.98. The van der Waals surface area contributed by atoms with E-state index in [-0.39, 0.29) is 0 Å². The van der Waals surface area contributed by atoms with E-state index in [0.29, 0.717) is 23.9 Å². The van der Waals surface area contributed by atoms with Crippen LogP contribution in [0.15, 0.2) is 24.3 Å². The standard InChI is InChI=1S/C14H24O/c1-11(2)7-8-13-12(10-15)6-5-9-14(13,3)4/h7-8,12-13,15H,1,5-6,9-10H2,2-4H3. The number of rotatable bonds is 3. The van der Waals surface area contributed by atoms with Crippen molar-refractivity contribution in [2.24, 2.45) is 17.3 Å². The zero-order valence-corrected chi connectivity index (χ0v) is 10.3. The third kappa shape index (κ3) is 3.20. The molecule has 1 fully saturated rings. The second-order valence-electron chi connectivity index (χ2n) is 5.55. The Morgan fingerprint density at radius 1 is 1.53 bits per heavy atom. The van der Waals surface area contributed by atoms with Gasteiger partial charge in [-0.05, 0) is 37.0 Å². The van der Waals surface area contributed by atoms with Crippen molar-refractivity contribution in [3.63, 3.8) is 0 Å². The van der Waals surface area contributed by atoms with Crippen molar-refractivity contribution in [2.75, 3.05) is 6.61 Å². The van der Waals surface area contributed by atoms with Crippen LogP contribution in [-0.4, -0.2) is 11.7 Å². The molecule has 2 unspecified atom stereocenters. The van der Waals surface area contributed by atoms with Gasteiger partial charge >= 0.3 is 0 Å². The van der Waals surface area contributed by atoms with Crippen molar-refractivity contribution in [1.29, 1.82) is 0 Å². The summed E-state index contributed by atoms with van der Waals surface area (Å²) in [5, 5.41) is 9.40. The first kappa shape index (κ1) is 12.5. The molecule has 0 spiro atoms. The summed E-state index contributed by atoms with van der Waals surface area (Å²) < 4.78 is 0. The van der Waals surface area contributed by atoms with Crippen LogP contribution in [0.4, 0.5) is 0 Å². The molecule has 1 aliphatic carbocycles. The Kier molecular flexibility index (Phi) is 4.15. The maximum Gasteiger partial charge on any atom is 0.0465 e. The van der Waals surface area contributed by atoms with Crippen LogP contribution in [-0.2, 0) is 0 Å². The molecule has 0 heterocycles. The molecule has 1 N–H and O–H groups in total. The van der Waals surface area contributed by atoms with E-state index in [2.05, 4.69) is 32.6 Å². The summed E-state index contributed by atoms with van der Waals surface area (Å²) >= 11 is 0. The Balaban J connectivity index is 2.80. The highest BCUT2D eigenvalue weighted by Crippen LogP contribution is 2.44. The second-order valence-corrected chi connectivity index (χ2v) is 5.55. The minimum absolute atomic E-state index is 0.314. The van der Waals surface area contributed by atoms with Crippen molar-refractivity contribution in [3.8, 4) is 0 Å². The van der Waals surface area contributed by atoms with Crippen LogP contribution in [0.1, 0.15) is 40.0 Å². The molecule has 0 aliphatic heterocycles. The average molecular weight is 208 g/mol. The van der Waals surface area contributed by atoms with Gasteiger partial charge in [-0.15, -0.1) is 0 Å². The summed E-state index contributed by atoms with van der Waals surface area (Å²) in [7, 11) is 0. The SMILES string of the molecule is C=C(C)C=CC1C(CO)CCCC1(C)C. The Morgan fingerprint density at radius 2 is 2.20 bits per heavy atom. The van der Waals surface area contributed by atoms with Crippen LogP contribution in [0.5, 0.6) is 0 Å². The lowest BCUT2D eigenvalue weighted by Gasteiger charge is -2.42. The highest BCUT2D eigenvalue weighted by Gasteiger charge is 2.36. The Bertz CT molecular complexity index is 250. The lowest BCUT2D eigenvalue weighted by Crippen LogP contribution is -2.35. The summed E-state index contributed by atoms with van der Waals surface area (Å²) in [5.74, 6) is 0.928. The minimum atomic E-state index is 0.314. The van der Waals surface area contributed by atoms with Crippen LogP contribution >= 0.6 is 0 Å². The zero-order chi connectivity index (χ0) is 11.5. The van der Waals surface area contributed by atoms with Crippen LogP contribution in [0.25, 0.3) is 0 Å². The average Bonchev–Trinajstić information content (AvgIpc) is 2.14. The van der Waals surface area contributed by atoms with Crippen LogP contribution in [0.2, 0.25) is 0 Å². The van der Waals surface area contributed by atoms with Crippen molar-refractivity contribution < 1.29 is 5.11 Å². The third-order valence-corrected chi connectivity index (χ3v) is 3.63. The Morgan fingerprint density at radius 3 is 2.73 bits per heavy atom. The highest BCUT2D eigenvalue weighted by atomic mass is 16.3.